The largest absolute Gasteiger partial charge is 0.309 e. The minimum atomic E-state index is -0.295. The molecule has 0 saturated heterocycles. The molecule has 14 rings (SSSR count). The zero-order valence-corrected chi connectivity index (χ0v) is 41.8. The predicted molar refractivity (Wildman–Crippen MR) is 310 cm³/mol. The number of fused-ring (bicyclic) bond motifs is 15. The van der Waals surface area contributed by atoms with E-state index in [1.807, 2.05) is 0 Å². The highest BCUT2D eigenvalue weighted by atomic mass is 15.0. The predicted octanol–water partition coefficient (Wildman–Crippen LogP) is 19.9. The first-order valence-electron chi connectivity index (χ1n) is 25.7. The Labute approximate surface area is 421 Å². The van der Waals surface area contributed by atoms with E-state index in [-0.39, 0.29) is 16.2 Å². The first-order valence-corrected chi connectivity index (χ1v) is 25.7. The van der Waals surface area contributed by atoms with E-state index in [1.165, 1.54) is 137 Å². The van der Waals surface area contributed by atoms with Gasteiger partial charge in [-0.05, 0) is 163 Å². The molecule has 0 fully saturated rings. The number of para-hydroxylation sites is 2. The maximum atomic E-state index is 2.48. The third-order valence-corrected chi connectivity index (χ3v) is 16.6. The minimum absolute atomic E-state index is 0.117. The van der Waals surface area contributed by atoms with Crippen molar-refractivity contribution in [2.45, 2.75) is 47.0 Å². The van der Waals surface area contributed by atoms with Crippen molar-refractivity contribution in [2.75, 3.05) is 0 Å². The molecule has 1 heterocycles. The monoisotopic (exact) mass is 921 g/mol. The highest BCUT2D eigenvalue weighted by Gasteiger charge is 2.59. The topological polar surface area (TPSA) is 4.93 Å². The van der Waals surface area contributed by atoms with Crippen molar-refractivity contribution >= 4 is 75.7 Å². The first kappa shape index (κ1) is 42.6. The molecule has 0 amide bonds. The lowest BCUT2D eigenvalue weighted by atomic mass is 9.49. The van der Waals surface area contributed by atoms with Crippen molar-refractivity contribution in [1.29, 1.82) is 0 Å². The normalized spacial score (nSPS) is 13.5. The molecule has 72 heavy (non-hydrogen) atoms. The Balaban J connectivity index is 0.945. The molecule has 1 heteroatoms. The zero-order valence-electron chi connectivity index (χ0n) is 41.8. The molecule has 1 aliphatic carbocycles. The van der Waals surface area contributed by atoms with Gasteiger partial charge in [0.15, 0.2) is 0 Å². The summed E-state index contributed by atoms with van der Waals surface area (Å²) in [6.45, 7) is 14.9. The molecule has 1 aliphatic rings. The summed E-state index contributed by atoms with van der Waals surface area (Å²) in [6.07, 6.45) is 0. The van der Waals surface area contributed by atoms with Crippen LogP contribution in [0.2, 0.25) is 0 Å². The summed E-state index contributed by atoms with van der Waals surface area (Å²) in [6, 6.07) is 84.4. The number of nitrogens with zero attached hydrogens (tertiary/aromatic N) is 1. The van der Waals surface area contributed by atoms with Gasteiger partial charge in [0.1, 0.15) is 0 Å². The molecule has 344 valence electrons. The second kappa shape index (κ2) is 15.4. The lowest BCUT2D eigenvalue weighted by Gasteiger charge is -2.54. The molecule has 0 atom stereocenters. The Morgan fingerprint density at radius 2 is 0.764 bits per heavy atom. The van der Waals surface area contributed by atoms with Crippen LogP contribution in [0.4, 0.5) is 0 Å². The van der Waals surface area contributed by atoms with E-state index in [4.69, 9.17) is 0 Å². The molecule has 0 N–H and O–H groups in total. The number of rotatable bonds is 4. The van der Waals surface area contributed by atoms with Crippen LogP contribution in [0.3, 0.4) is 0 Å². The second-order valence-corrected chi connectivity index (χ2v) is 22.4. The first-order chi connectivity index (χ1) is 35.0. The fourth-order valence-electron chi connectivity index (χ4n) is 14.3. The van der Waals surface area contributed by atoms with E-state index in [2.05, 4.69) is 271 Å². The summed E-state index contributed by atoms with van der Waals surface area (Å²) in [5.74, 6) is 0. The van der Waals surface area contributed by atoms with E-state index in [9.17, 15) is 0 Å². The van der Waals surface area contributed by atoms with Gasteiger partial charge in [0.2, 0.25) is 0 Å². The maximum Gasteiger partial charge on any atom is 0.0541 e. The highest BCUT2D eigenvalue weighted by molar-refractivity contribution is 6.23. The Kier molecular flexibility index (Phi) is 9.09. The molecular formula is C71H55N. The van der Waals surface area contributed by atoms with Crippen LogP contribution in [0.25, 0.3) is 126 Å². The van der Waals surface area contributed by atoms with Gasteiger partial charge >= 0.3 is 0 Å². The van der Waals surface area contributed by atoms with Crippen LogP contribution in [-0.4, -0.2) is 4.57 Å². The van der Waals surface area contributed by atoms with Crippen molar-refractivity contribution < 1.29 is 0 Å². The number of hydrogen-bond acceptors (Lipinski definition) is 0. The van der Waals surface area contributed by atoms with Gasteiger partial charge < -0.3 is 4.57 Å². The van der Waals surface area contributed by atoms with Crippen molar-refractivity contribution in [3.63, 3.8) is 0 Å². The maximum absolute atomic E-state index is 2.48. The number of hydrogen-bond donors (Lipinski definition) is 0. The lowest BCUT2D eigenvalue weighted by molar-refractivity contribution is 0.0977. The quantitative estimate of drug-likeness (QED) is 0.122. The van der Waals surface area contributed by atoms with Crippen molar-refractivity contribution in [2.24, 2.45) is 10.8 Å². The van der Waals surface area contributed by atoms with Gasteiger partial charge in [-0.1, -0.05) is 224 Å². The third kappa shape index (κ3) is 5.83. The van der Waals surface area contributed by atoms with Crippen LogP contribution in [0, 0.1) is 10.8 Å². The van der Waals surface area contributed by atoms with E-state index in [1.54, 1.807) is 0 Å². The van der Waals surface area contributed by atoms with Gasteiger partial charge in [-0.3, -0.25) is 0 Å². The zero-order chi connectivity index (χ0) is 48.7. The Bertz CT molecular complexity index is 4330. The second-order valence-electron chi connectivity index (χ2n) is 22.4. The van der Waals surface area contributed by atoms with E-state index in [0.29, 0.717) is 0 Å². The molecule has 1 aromatic heterocycles. The van der Waals surface area contributed by atoms with Crippen molar-refractivity contribution in [1.82, 2.24) is 4.57 Å². The molecular weight excluding hydrogens is 867 g/mol. The van der Waals surface area contributed by atoms with Crippen LogP contribution in [0.5, 0.6) is 0 Å². The molecule has 0 bridgehead atoms. The standard InChI is InChI=1S/C71H55N/c1-69(2,3)71(70(4,5)6)67-50-38-35-45(41-46(50)36-39-60(67)66-54-28-12-10-25-51(54)52-26-11-17-33-59(52)68(66)71)44-21-20-22-47(42-44)64-55-29-13-15-31-57(55)65(58-32-16-14-30-56(58)64)48-37-40-63-61(43-48)53-27-18-19-34-62(53)72(63)49-23-8-7-9-24-49/h7-43H,1-6H3. The van der Waals surface area contributed by atoms with Crippen LogP contribution < -0.4 is 0 Å². The van der Waals surface area contributed by atoms with Crippen LogP contribution in [-0.2, 0) is 5.41 Å². The molecule has 0 spiro atoms. The van der Waals surface area contributed by atoms with Gasteiger partial charge in [-0.15, -0.1) is 0 Å². The van der Waals surface area contributed by atoms with Crippen LogP contribution in [0.15, 0.2) is 224 Å². The lowest BCUT2D eigenvalue weighted by Crippen LogP contribution is -2.50. The molecule has 0 radical (unpaired) electrons. The molecule has 13 aromatic rings. The number of aromatic nitrogens is 1. The van der Waals surface area contributed by atoms with Crippen LogP contribution in [0.1, 0.15) is 52.7 Å². The SMILES string of the molecule is CC(C)(C)C1(C(C)(C)C)c2c(ccc3cc(-c4cccc(-c5c6ccccc6c(-c6ccc7c(c6)c6ccccc6n7-c6ccccc6)c6ccccc56)c4)ccc23)-c2c1c1ccccc1c1ccccc21. The van der Waals surface area contributed by atoms with Gasteiger partial charge in [-0.25, -0.2) is 0 Å². The van der Waals surface area contributed by atoms with E-state index >= 15 is 0 Å². The minimum Gasteiger partial charge on any atom is -0.309 e. The summed E-state index contributed by atoms with van der Waals surface area (Å²) in [5.41, 5.74) is 16.2. The summed E-state index contributed by atoms with van der Waals surface area (Å²) < 4.78 is 2.40. The average molecular weight is 922 g/mol. The van der Waals surface area contributed by atoms with E-state index in [0.717, 1.165) is 0 Å². The fraction of sp³-hybridized carbons (Fsp3) is 0.127. The van der Waals surface area contributed by atoms with Gasteiger partial charge in [0.25, 0.3) is 0 Å². The summed E-state index contributed by atoms with van der Waals surface area (Å²) in [4.78, 5) is 0. The van der Waals surface area contributed by atoms with Crippen molar-refractivity contribution in [3.8, 4) is 50.2 Å². The molecule has 1 nitrogen and oxygen atoms in total. The number of benzene rings is 12. The van der Waals surface area contributed by atoms with Gasteiger partial charge in [-0.2, -0.15) is 0 Å². The van der Waals surface area contributed by atoms with Crippen molar-refractivity contribution in [3.05, 3.63) is 236 Å². The van der Waals surface area contributed by atoms with Crippen LogP contribution >= 0.6 is 0 Å². The molecule has 0 unspecified atom stereocenters. The summed E-state index contributed by atoms with van der Waals surface area (Å²) in [7, 11) is 0. The fourth-order valence-corrected chi connectivity index (χ4v) is 14.3. The molecule has 0 aliphatic heterocycles. The highest BCUT2D eigenvalue weighted by Crippen LogP contribution is 2.68. The molecule has 0 saturated carbocycles. The smallest absolute Gasteiger partial charge is 0.0541 e. The molecule has 12 aromatic carbocycles. The summed E-state index contributed by atoms with van der Waals surface area (Å²) in [5, 5.41) is 15.5. The Morgan fingerprint density at radius 1 is 0.292 bits per heavy atom. The third-order valence-electron chi connectivity index (χ3n) is 16.6. The van der Waals surface area contributed by atoms with E-state index < -0.39 is 0 Å². The average Bonchev–Trinajstić information content (AvgIpc) is 3.94. The Morgan fingerprint density at radius 3 is 1.39 bits per heavy atom. The van der Waals surface area contributed by atoms with Gasteiger partial charge in [0, 0.05) is 21.9 Å². The van der Waals surface area contributed by atoms with Gasteiger partial charge in [0.05, 0.1) is 11.0 Å². The summed E-state index contributed by atoms with van der Waals surface area (Å²) >= 11 is 0. The Hall–Kier alpha value is -8.26.